The minimum absolute atomic E-state index is 0.170. The number of rotatable bonds is 6. The Hall–Kier alpha value is -2.47. The Balaban J connectivity index is 1.23. The van der Waals surface area contributed by atoms with Crippen LogP contribution in [-0.2, 0) is 13.1 Å². The number of hydrogen-bond acceptors (Lipinski definition) is 4. The van der Waals surface area contributed by atoms with E-state index in [-0.39, 0.29) is 6.61 Å². The second-order valence-corrected chi connectivity index (χ2v) is 8.21. The van der Waals surface area contributed by atoms with Gasteiger partial charge in [0.15, 0.2) is 0 Å². The molecule has 2 unspecified atom stereocenters. The highest BCUT2D eigenvalue weighted by molar-refractivity contribution is 5.80. The van der Waals surface area contributed by atoms with Crippen LogP contribution in [0.5, 0.6) is 0 Å². The van der Waals surface area contributed by atoms with Crippen LogP contribution in [0.25, 0.3) is 17.0 Å². The van der Waals surface area contributed by atoms with Crippen molar-refractivity contribution in [3.8, 4) is 0 Å². The van der Waals surface area contributed by atoms with Gasteiger partial charge in [0.1, 0.15) is 0 Å². The Kier molecular flexibility index (Phi) is 5.19. The molecule has 0 saturated carbocycles. The van der Waals surface area contributed by atoms with E-state index in [1.54, 1.807) is 0 Å². The topological polar surface area (TPSA) is 53.3 Å². The van der Waals surface area contributed by atoms with Crippen LogP contribution in [0.15, 0.2) is 55.0 Å². The molecule has 1 saturated heterocycles. The van der Waals surface area contributed by atoms with Crippen molar-refractivity contribution >= 4 is 17.0 Å². The van der Waals surface area contributed by atoms with E-state index in [2.05, 4.69) is 68.4 Å². The molecule has 29 heavy (non-hydrogen) atoms. The molecule has 150 valence electrons. The fraction of sp³-hybridized carbons (Fsp3) is 0.375. The van der Waals surface area contributed by atoms with E-state index in [4.69, 9.17) is 0 Å². The summed E-state index contributed by atoms with van der Waals surface area (Å²) in [5.41, 5.74) is 5.17. The number of fused-ring (bicyclic) bond motifs is 2. The zero-order chi connectivity index (χ0) is 19.6. The van der Waals surface area contributed by atoms with Gasteiger partial charge in [-0.25, -0.2) is 0 Å². The van der Waals surface area contributed by atoms with E-state index in [9.17, 15) is 5.11 Å². The van der Waals surface area contributed by atoms with Crippen LogP contribution in [0, 0.1) is 0 Å². The molecule has 1 aliphatic heterocycles. The summed E-state index contributed by atoms with van der Waals surface area (Å²) < 4.78 is 2.13. The summed E-state index contributed by atoms with van der Waals surface area (Å²) in [7, 11) is 0. The van der Waals surface area contributed by atoms with Crippen molar-refractivity contribution < 1.29 is 5.11 Å². The second-order valence-electron chi connectivity index (χ2n) is 8.21. The van der Waals surface area contributed by atoms with Gasteiger partial charge in [-0.05, 0) is 53.1 Å². The Morgan fingerprint density at radius 3 is 3.10 bits per heavy atom. The molecule has 1 aromatic carbocycles. The summed E-state index contributed by atoms with van der Waals surface area (Å²) in [5.74, 6) is 0. The van der Waals surface area contributed by atoms with Crippen molar-refractivity contribution in [1.29, 1.82) is 0 Å². The lowest BCUT2D eigenvalue weighted by molar-refractivity contribution is 0.278. The lowest BCUT2D eigenvalue weighted by Gasteiger charge is -2.26. The Bertz CT molecular complexity index is 1020. The minimum atomic E-state index is 0.170. The molecule has 3 heterocycles. The molecule has 2 atom stereocenters. The normalized spacial score (nSPS) is 21.7. The van der Waals surface area contributed by atoms with Gasteiger partial charge in [-0.1, -0.05) is 24.3 Å². The van der Waals surface area contributed by atoms with Gasteiger partial charge in [-0.2, -0.15) is 0 Å². The van der Waals surface area contributed by atoms with E-state index in [0.29, 0.717) is 18.6 Å². The van der Waals surface area contributed by atoms with Gasteiger partial charge in [0, 0.05) is 62.4 Å². The number of pyridine rings is 1. The number of aliphatic hydroxyl groups is 1. The molecule has 2 N–H and O–H groups in total. The molecule has 0 spiro atoms. The lowest BCUT2D eigenvalue weighted by atomic mass is 9.94. The maximum Gasteiger partial charge on any atom is 0.0610 e. The Morgan fingerprint density at radius 2 is 2.17 bits per heavy atom. The molecule has 2 aromatic heterocycles. The number of nitrogens with one attached hydrogen (secondary N) is 1. The summed E-state index contributed by atoms with van der Waals surface area (Å²) in [4.78, 5) is 6.80. The van der Waals surface area contributed by atoms with Crippen molar-refractivity contribution in [2.24, 2.45) is 0 Å². The highest BCUT2D eigenvalue weighted by atomic mass is 16.3. The molecule has 2 aliphatic rings. The number of aromatic nitrogens is 2. The zero-order valence-electron chi connectivity index (χ0n) is 16.7. The SMILES string of the molecule is OCCn1ccc2ccc(CN3CCC(NC4CC=Cc5cnccc54)C3)cc21. The molecule has 1 aliphatic carbocycles. The molecular weight excluding hydrogens is 360 g/mol. The zero-order valence-corrected chi connectivity index (χ0v) is 16.7. The van der Waals surface area contributed by atoms with Gasteiger partial charge in [0.25, 0.3) is 0 Å². The van der Waals surface area contributed by atoms with Crippen molar-refractivity contribution in [3.05, 3.63) is 71.7 Å². The van der Waals surface area contributed by atoms with Crippen LogP contribution in [0.1, 0.15) is 35.6 Å². The van der Waals surface area contributed by atoms with E-state index in [1.807, 2.05) is 12.4 Å². The average Bonchev–Trinajstić information content (AvgIpc) is 3.35. The molecule has 0 amide bonds. The summed E-state index contributed by atoms with van der Waals surface area (Å²) >= 11 is 0. The molecule has 3 aromatic rings. The van der Waals surface area contributed by atoms with Crippen LogP contribution >= 0.6 is 0 Å². The molecule has 0 radical (unpaired) electrons. The standard InChI is InChI=1S/C24H28N4O/c29-13-12-28-11-7-19-5-4-18(14-24(19)28)16-27-10-8-21(17-27)26-23-3-1-2-20-15-25-9-6-22(20)23/h1-2,4-7,9,11,14-15,21,23,26,29H,3,8,10,12-13,16-17H2. The predicted octanol–water partition coefficient (Wildman–Crippen LogP) is 3.35. The summed E-state index contributed by atoms with van der Waals surface area (Å²) in [5, 5.41) is 14.4. The van der Waals surface area contributed by atoms with Gasteiger partial charge in [-0.3, -0.25) is 9.88 Å². The van der Waals surface area contributed by atoms with E-state index in [0.717, 1.165) is 26.1 Å². The first-order chi connectivity index (χ1) is 14.3. The third-order valence-corrected chi connectivity index (χ3v) is 6.23. The van der Waals surface area contributed by atoms with Crippen LogP contribution in [0.2, 0.25) is 0 Å². The average molecular weight is 389 g/mol. The highest BCUT2D eigenvalue weighted by Gasteiger charge is 2.26. The largest absolute Gasteiger partial charge is 0.395 e. The molecular formula is C24H28N4O. The number of aliphatic hydroxyl groups excluding tert-OH is 1. The maximum atomic E-state index is 9.28. The molecule has 5 rings (SSSR count). The van der Waals surface area contributed by atoms with Gasteiger partial charge < -0.3 is 15.0 Å². The third-order valence-electron chi connectivity index (χ3n) is 6.23. The number of likely N-dealkylation sites (tertiary alicyclic amines) is 1. The molecule has 5 heteroatoms. The summed E-state index contributed by atoms with van der Waals surface area (Å²) in [6, 6.07) is 11.9. The first-order valence-electron chi connectivity index (χ1n) is 10.6. The lowest BCUT2D eigenvalue weighted by Crippen LogP contribution is -2.36. The number of hydrogen-bond donors (Lipinski definition) is 2. The van der Waals surface area contributed by atoms with Crippen LogP contribution in [-0.4, -0.2) is 45.3 Å². The smallest absolute Gasteiger partial charge is 0.0610 e. The fourth-order valence-electron chi connectivity index (χ4n) is 4.78. The van der Waals surface area contributed by atoms with Crippen molar-refractivity contribution in [3.63, 3.8) is 0 Å². The third kappa shape index (κ3) is 3.86. The van der Waals surface area contributed by atoms with Crippen LogP contribution in [0.4, 0.5) is 0 Å². The molecule has 5 nitrogen and oxygen atoms in total. The second kappa shape index (κ2) is 8.11. The first kappa shape index (κ1) is 18.6. The van der Waals surface area contributed by atoms with Gasteiger partial charge in [0.05, 0.1) is 6.61 Å². The molecule has 0 bridgehead atoms. The van der Waals surface area contributed by atoms with Gasteiger partial charge >= 0.3 is 0 Å². The van der Waals surface area contributed by atoms with E-state index < -0.39 is 0 Å². The maximum absolute atomic E-state index is 9.28. The van der Waals surface area contributed by atoms with Gasteiger partial charge in [-0.15, -0.1) is 0 Å². The highest BCUT2D eigenvalue weighted by Crippen LogP contribution is 2.28. The summed E-state index contributed by atoms with van der Waals surface area (Å²) in [6.07, 6.45) is 12.6. The van der Waals surface area contributed by atoms with Crippen LogP contribution in [0.3, 0.4) is 0 Å². The fourth-order valence-corrected chi connectivity index (χ4v) is 4.78. The van der Waals surface area contributed by atoms with Gasteiger partial charge in [0.2, 0.25) is 0 Å². The Morgan fingerprint density at radius 1 is 1.21 bits per heavy atom. The first-order valence-corrected chi connectivity index (χ1v) is 10.6. The number of nitrogens with zero attached hydrogens (tertiary/aromatic N) is 3. The van der Waals surface area contributed by atoms with E-state index in [1.165, 1.54) is 34.0 Å². The predicted molar refractivity (Wildman–Crippen MR) is 116 cm³/mol. The van der Waals surface area contributed by atoms with E-state index >= 15 is 0 Å². The minimum Gasteiger partial charge on any atom is -0.395 e. The molecule has 1 fully saturated rings. The monoisotopic (exact) mass is 388 g/mol. The van der Waals surface area contributed by atoms with Crippen molar-refractivity contribution in [2.45, 2.75) is 38.0 Å². The number of benzene rings is 1. The summed E-state index contributed by atoms with van der Waals surface area (Å²) in [6.45, 7) is 4.00. The van der Waals surface area contributed by atoms with Crippen molar-refractivity contribution in [2.75, 3.05) is 19.7 Å². The quantitative estimate of drug-likeness (QED) is 0.680. The van der Waals surface area contributed by atoms with Crippen molar-refractivity contribution in [1.82, 2.24) is 19.8 Å². The Labute approximate surface area is 171 Å². The van der Waals surface area contributed by atoms with Crippen LogP contribution < -0.4 is 5.32 Å².